The lowest BCUT2D eigenvalue weighted by Gasteiger charge is -2.11. The van der Waals surface area contributed by atoms with E-state index in [1.807, 2.05) is 24.3 Å². The van der Waals surface area contributed by atoms with Crippen molar-refractivity contribution in [3.63, 3.8) is 0 Å². The molecule has 0 saturated heterocycles. The van der Waals surface area contributed by atoms with Crippen molar-refractivity contribution in [1.29, 1.82) is 0 Å². The molecule has 3 N–H and O–H groups in total. The Morgan fingerprint density at radius 1 is 1.19 bits per heavy atom. The van der Waals surface area contributed by atoms with Gasteiger partial charge in [-0.3, -0.25) is 0 Å². The van der Waals surface area contributed by atoms with Crippen LogP contribution in [0, 0.1) is 0 Å². The lowest BCUT2D eigenvalue weighted by Crippen LogP contribution is -2.34. The Hall–Kier alpha value is -1.28. The molecule has 1 aliphatic rings. The van der Waals surface area contributed by atoms with E-state index < -0.39 is 10.0 Å². The van der Waals surface area contributed by atoms with Crippen LogP contribution in [0.2, 0.25) is 0 Å². The summed E-state index contributed by atoms with van der Waals surface area (Å²) in [7, 11) is -3.52. The fourth-order valence-electron chi connectivity index (χ4n) is 2.52. The molecule has 1 aromatic carbocycles. The minimum atomic E-state index is -3.52. The Morgan fingerprint density at radius 3 is 2.33 bits per heavy atom. The number of sulfonamides is 1. The summed E-state index contributed by atoms with van der Waals surface area (Å²) in [5.74, 6) is 0. The molecule has 2 aromatic rings. The van der Waals surface area contributed by atoms with Gasteiger partial charge in [-0.25, -0.2) is 13.1 Å². The molecule has 0 fully saturated rings. The molecule has 0 saturated carbocycles. The third-order valence-corrected chi connectivity index (χ3v) is 6.94. The summed E-state index contributed by atoms with van der Waals surface area (Å²) in [6.45, 7) is 0. The highest BCUT2D eigenvalue weighted by Crippen LogP contribution is 2.25. The summed E-state index contributed by atoms with van der Waals surface area (Å²) in [5.41, 5.74) is 7.94. The van der Waals surface area contributed by atoms with Crippen LogP contribution in [0.1, 0.15) is 16.0 Å². The van der Waals surface area contributed by atoms with Crippen LogP contribution in [0.5, 0.6) is 0 Å². The first-order chi connectivity index (χ1) is 9.95. The molecule has 0 atom stereocenters. The zero-order chi connectivity index (χ0) is 15.0. The molecule has 0 amide bonds. The first-order valence-electron chi connectivity index (χ1n) is 6.44. The second kappa shape index (κ2) is 5.49. The lowest BCUT2D eigenvalue weighted by atomic mass is 10.1. The molecule has 1 aliphatic carbocycles. The predicted octanol–water partition coefficient (Wildman–Crippen LogP) is 1.83. The molecule has 0 spiro atoms. The van der Waals surface area contributed by atoms with E-state index in [1.165, 1.54) is 11.1 Å². The Bertz CT molecular complexity index is 771. The Balaban J connectivity index is 1.77. The molecule has 4 nitrogen and oxygen atoms in total. The van der Waals surface area contributed by atoms with Crippen LogP contribution in [0.3, 0.4) is 0 Å². The largest absolute Gasteiger partial charge is 0.389 e. The number of hydrogen-bond donors (Lipinski definition) is 2. The molecule has 0 bridgehead atoms. The van der Waals surface area contributed by atoms with Crippen molar-refractivity contribution in [3.8, 4) is 0 Å². The van der Waals surface area contributed by atoms with Crippen LogP contribution in [0.15, 0.2) is 40.6 Å². The molecular weight excluding hydrogens is 324 g/mol. The van der Waals surface area contributed by atoms with E-state index in [-0.39, 0.29) is 15.2 Å². The summed E-state index contributed by atoms with van der Waals surface area (Å²) < 4.78 is 27.8. The standard InChI is InChI=1S/C14H14N2O2S3/c15-14(19)12-5-6-13(20-12)21(17,18)16-11-7-9-3-1-2-4-10(9)8-11/h1-6,11,16H,7-8H2,(H2,15,19). The van der Waals surface area contributed by atoms with Gasteiger partial charge in [0.05, 0.1) is 4.88 Å². The summed E-state index contributed by atoms with van der Waals surface area (Å²) in [6, 6.07) is 11.1. The Labute approximate surface area is 133 Å². The first kappa shape index (κ1) is 14.6. The Kier molecular flexibility index (Phi) is 3.83. The average molecular weight is 338 g/mol. The fraction of sp³-hybridized carbons (Fsp3) is 0.214. The molecule has 3 rings (SSSR count). The molecule has 0 radical (unpaired) electrons. The van der Waals surface area contributed by atoms with E-state index in [4.69, 9.17) is 18.0 Å². The quantitative estimate of drug-likeness (QED) is 0.834. The number of nitrogens with two attached hydrogens (primary N) is 1. The highest BCUT2D eigenvalue weighted by molar-refractivity contribution is 7.91. The van der Waals surface area contributed by atoms with Crippen LogP contribution in [-0.2, 0) is 22.9 Å². The predicted molar refractivity (Wildman–Crippen MR) is 88.2 cm³/mol. The zero-order valence-corrected chi connectivity index (χ0v) is 13.5. The second-order valence-corrected chi connectivity index (χ2v) is 8.44. The van der Waals surface area contributed by atoms with Gasteiger partial charge in [0.25, 0.3) is 0 Å². The van der Waals surface area contributed by atoms with Gasteiger partial charge in [-0.1, -0.05) is 36.5 Å². The minimum absolute atomic E-state index is 0.0946. The van der Waals surface area contributed by atoms with Crippen LogP contribution < -0.4 is 10.5 Å². The van der Waals surface area contributed by atoms with E-state index in [0.717, 1.165) is 24.2 Å². The van der Waals surface area contributed by atoms with Gasteiger partial charge in [0.15, 0.2) is 0 Å². The second-order valence-electron chi connectivity index (χ2n) is 4.98. The van der Waals surface area contributed by atoms with E-state index in [2.05, 4.69) is 4.72 Å². The van der Waals surface area contributed by atoms with E-state index in [0.29, 0.717) is 4.88 Å². The molecular formula is C14H14N2O2S3. The normalized spacial score (nSPS) is 15.0. The highest BCUT2D eigenvalue weighted by atomic mass is 32.2. The number of thiophene rings is 1. The van der Waals surface area contributed by atoms with Gasteiger partial charge in [0, 0.05) is 6.04 Å². The van der Waals surface area contributed by atoms with E-state index >= 15 is 0 Å². The van der Waals surface area contributed by atoms with Crippen molar-refractivity contribution in [3.05, 3.63) is 52.4 Å². The van der Waals surface area contributed by atoms with Crippen LogP contribution in [0.4, 0.5) is 0 Å². The number of nitrogens with one attached hydrogen (secondary N) is 1. The van der Waals surface area contributed by atoms with Crippen molar-refractivity contribution in [2.24, 2.45) is 5.73 Å². The maximum Gasteiger partial charge on any atom is 0.250 e. The maximum absolute atomic E-state index is 12.4. The third-order valence-electron chi connectivity index (χ3n) is 3.46. The van der Waals surface area contributed by atoms with Crippen LogP contribution in [0.25, 0.3) is 0 Å². The molecule has 7 heteroatoms. The van der Waals surface area contributed by atoms with Gasteiger partial charge in [-0.05, 0) is 36.1 Å². The van der Waals surface area contributed by atoms with Crippen LogP contribution >= 0.6 is 23.6 Å². The highest BCUT2D eigenvalue weighted by Gasteiger charge is 2.27. The van der Waals surface area contributed by atoms with Crippen molar-refractivity contribution in [1.82, 2.24) is 4.72 Å². The van der Waals surface area contributed by atoms with Gasteiger partial charge in [0.1, 0.15) is 9.20 Å². The summed E-state index contributed by atoms with van der Waals surface area (Å²) >= 11 is 5.96. The summed E-state index contributed by atoms with van der Waals surface area (Å²) in [6.07, 6.45) is 1.45. The van der Waals surface area contributed by atoms with Gasteiger partial charge < -0.3 is 5.73 Å². The lowest BCUT2D eigenvalue weighted by molar-refractivity contribution is 0.557. The van der Waals surface area contributed by atoms with E-state index in [9.17, 15) is 8.42 Å². The number of fused-ring (bicyclic) bond motifs is 1. The van der Waals surface area contributed by atoms with Crippen LogP contribution in [-0.4, -0.2) is 19.4 Å². The molecule has 0 aliphatic heterocycles. The van der Waals surface area contributed by atoms with Crippen molar-refractivity contribution < 1.29 is 8.42 Å². The molecule has 110 valence electrons. The van der Waals surface area contributed by atoms with E-state index in [1.54, 1.807) is 12.1 Å². The number of thiocarbonyl (C=S) groups is 1. The first-order valence-corrected chi connectivity index (χ1v) is 9.15. The monoisotopic (exact) mass is 338 g/mol. The maximum atomic E-state index is 12.4. The number of hydrogen-bond acceptors (Lipinski definition) is 4. The zero-order valence-electron chi connectivity index (χ0n) is 11.1. The molecule has 0 unspecified atom stereocenters. The minimum Gasteiger partial charge on any atom is -0.389 e. The fourth-order valence-corrected chi connectivity index (χ4v) is 5.12. The summed E-state index contributed by atoms with van der Waals surface area (Å²) in [4.78, 5) is 0.829. The average Bonchev–Trinajstić information content (AvgIpc) is 3.04. The smallest absolute Gasteiger partial charge is 0.250 e. The summed E-state index contributed by atoms with van der Waals surface area (Å²) in [5, 5.41) is 0. The Morgan fingerprint density at radius 2 is 1.81 bits per heavy atom. The SMILES string of the molecule is NC(=S)c1ccc(S(=O)(=O)NC2Cc3ccccc3C2)s1. The van der Waals surface area contributed by atoms with Gasteiger partial charge in [-0.15, -0.1) is 11.3 Å². The molecule has 1 heterocycles. The number of rotatable bonds is 4. The van der Waals surface area contributed by atoms with Gasteiger partial charge >= 0.3 is 0 Å². The van der Waals surface area contributed by atoms with Crippen molar-refractivity contribution >= 4 is 38.6 Å². The third kappa shape index (κ3) is 3.01. The van der Waals surface area contributed by atoms with Gasteiger partial charge in [-0.2, -0.15) is 0 Å². The van der Waals surface area contributed by atoms with Crippen molar-refractivity contribution in [2.75, 3.05) is 0 Å². The topological polar surface area (TPSA) is 72.2 Å². The van der Waals surface area contributed by atoms with Gasteiger partial charge in [0.2, 0.25) is 10.0 Å². The van der Waals surface area contributed by atoms with Crippen molar-refractivity contribution in [2.45, 2.75) is 23.1 Å². The molecule has 21 heavy (non-hydrogen) atoms. The number of benzene rings is 1. The molecule has 1 aromatic heterocycles.